The summed E-state index contributed by atoms with van der Waals surface area (Å²) in [4.78, 5) is 4.79. The van der Waals surface area contributed by atoms with Crippen molar-refractivity contribution in [2.24, 2.45) is 0 Å². The van der Waals surface area contributed by atoms with Crippen LogP contribution >= 0.6 is 11.3 Å². The van der Waals surface area contributed by atoms with Crippen LogP contribution in [-0.4, -0.2) is 26.5 Å². The molecule has 1 fully saturated rings. The molecule has 2 aromatic rings. The Hall–Kier alpha value is -1.20. The smallest absolute Gasteiger partial charge is 0.0960 e. The molecule has 0 atom stereocenters. The van der Waals surface area contributed by atoms with Crippen molar-refractivity contribution in [1.82, 2.24) is 14.8 Å². The lowest BCUT2D eigenvalue weighted by Gasteiger charge is -2.18. The molecule has 0 aromatic carbocycles. The first-order valence-corrected chi connectivity index (χ1v) is 8.29. The molecule has 1 aliphatic rings. The van der Waals surface area contributed by atoms with Gasteiger partial charge in [-0.1, -0.05) is 19.3 Å². The minimum atomic E-state index is 0.175. The summed E-state index contributed by atoms with van der Waals surface area (Å²) in [5.74, 6) is 0.685. The van der Waals surface area contributed by atoms with E-state index in [-0.39, 0.29) is 6.61 Å². The van der Waals surface area contributed by atoms with E-state index in [2.05, 4.69) is 10.5 Å². The summed E-state index contributed by atoms with van der Waals surface area (Å²) in [6, 6.07) is 0. The fourth-order valence-electron chi connectivity index (χ4n) is 2.85. The second-order valence-electron chi connectivity index (χ2n) is 5.53. The lowest BCUT2D eigenvalue weighted by molar-refractivity contribution is 0.299. The standard InChI is InChI=1S/C15H21N3OS/c19-7-6-12-8-16-18(9-12)10-14-11-20-15(17-14)13-4-2-1-3-5-13/h8-9,11,13,19H,1-7,10H2. The molecule has 0 saturated heterocycles. The first-order valence-electron chi connectivity index (χ1n) is 7.41. The van der Waals surface area contributed by atoms with Gasteiger partial charge < -0.3 is 5.11 Å². The Labute approximate surface area is 123 Å². The van der Waals surface area contributed by atoms with E-state index in [4.69, 9.17) is 10.1 Å². The zero-order chi connectivity index (χ0) is 13.8. The molecule has 108 valence electrons. The average Bonchev–Trinajstić information content (AvgIpc) is 3.11. The Morgan fingerprint density at radius 1 is 1.30 bits per heavy atom. The third-order valence-corrected chi connectivity index (χ3v) is 4.99. The summed E-state index contributed by atoms with van der Waals surface area (Å²) in [7, 11) is 0. The summed E-state index contributed by atoms with van der Waals surface area (Å²) in [6.07, 6.45) is 11.2. The molecule has 0 radical (unpaired) electrons. The fraction of sp³-hybridized carbons (Fsp3) is 0.600. The Kier molecular flexibility index (Phi) is 4.47. The molecule has 5 heteroatoms. The van der Waals surface area contributed by atoms with E-state index >= 15 is 0 Å². The quantitative estimate of drug-likeness (QED) is 0.921. The topological polar surface area (TPSA) is 50.9 Å². The second-order valence-corrected chi connectivity index (χ2v) is 6.42. The third-order valence-electron chi connectivity index (χ3n) is 3.94. The SMILES string of the molecule is OCCc1cnn(Cc2csc(C3CCCCC3)n2)c1. The maximum Gasteiger partial charge on any atom is 0.0960 e. The Morgan fingerprint density at radius 3 is 2.95 bits per heavy atom. The highest BCUT2D eigenvalue weighted by molar-refractivity contribution is 7.09. The highest BCUT2D eigenvalue weighted by Crippen LogP contribution is 2.34. The van der Waals surface area contributed by atoms with Gasteiger partial charge in [0.15, 0.2) is 0 Å². The van der Waals surface area contributed by atoms with Crippen molar-refractivity contribution < 1.29 is 5.11 Å². The van der Waals surface area contributed by atoms with E-state index in [1.165, 1.54) is 37.1 Å². The van der Waals surface area contributed by atoms with E-state index in [0.29, 0.717) is 12.3 Å². The number of aliphatic hydroxyl groups is 1. The van der Waals surface area contributed by atoms with Crippen molar-refractivity contribution >= 4 is 11.3 Å². The van der Waals surface area contributed by atoms with Crippen molar-refractivity contribution in [2.45, 2.75) is 51.0 Å². The van der Waals surface area contributed by atoms with Gasteiger partial charge in [-0.25, -0.2) is 4.98 Å². The lowest BCUT2D eigenvalue weighted by Crippen LogP contribution is -2.05. The van der Waals surface area contributed by atoms with E-state index in [1.807, 2.05) is 17.1 Å². The molecule has 0 spiro atoms. The molecule has 0 unspecified atom stereocenters. The minimum absolute atomic E-state index is 0.175. The first-order chi connectivity index (χ1) is 9.85. The Balaban J connectivity index is 1.63. The van der Waals surface area contributed by atoms with Gasteiger partial charge in [0.25, 0.3) is 0 Å². The van der Waals surface area contributed by atoms with Gasteiger partial charge in [0.05, 0.1) is 23.4 Å². The van der Waals surface area contributed by atoms with Crippen molar-refractivity contribution in [3.8, 4) is 0 Å². The van der Waals surface area contributed by atoms with Crippen LogP contribution < -0.4 is 0 Å². The van der Waals surface area contributed by atoms with Crippen molar-refractivity contribution in [2.75, 3.05) is 6.61 Å². The molecular weight excluding hydrogens is 270 g/mol. The van der Waals surface area contributed by atoms with Gasteiger partial charge >= 0.3 is 0 Å². The summed E-state index contributed by atoms with van der Waals surface area (Å²) in [5, 5.41) is 16.7. The molecule has 20 heavy (non-hydrogen) atoms. The largest absolute Gasteiger partial charge is 0.396 e. The van der Waals surface area contributed by atoms with E-state index in [9.17, 15) is 0 Å². The van der Waals surface area contributed by atoms with Crippen LogP contribution in [0.15, 0.2) is 17.8 Å². The van der Waals surface area contributed by atoms with E-state index in [1.54, 1.807) is 11.3 Å². The van der Waals surface area contributed by atoms with Crippen LogP contribution in [0.3, 0.4) is 0 Å². The molecule has 1 N–H and O–H groups in total. The van der Waals surface area contributed by atoms with Gasteiger partial charge in [0.1, 0.15) is 0 Å². The van der Waals surface area contributed by atoms with Crippen molar-refractivity contribution in [1.29, 1.82) is 0 Å². The van der Waals surface area contributed by atoms with Crippen molar-refractivity contribution in [3.05, 3.63) is 34.0 Å². The number of aromatic nitrogens is 3. The maximum atomic E-state index is 8.92. The van der Waals surface area contributed by atoms with Gasteiger partial charge in [-0.05, 0) is 24.8 Å². The van der Waals surface area contributed by atoms with Crippen molar-refractivity contribution in [3.63, 3.8) is 0 Å². The predicted molar refractivity (Wildman–Crippen MR) is 80.1 cm³/mol. The number of hydrogen-bond acceptors (Lipinski definition) is 4. The van der Waals surface area contributed by atoms with Gasteiger partial charge in [-0.15, -0.1) is 11.3 Å². The Bertz CT molecular complexity index is 543. The van der Waals surface area contributed by atoms with Crippen LogP contribution in [0.25, 0.3) is 0 Å². The highest BCUT2D eigenvalue weighted by atomic mass is 32.1. The summed E-state index contributed by atoms with van der Waals surface area (Å²) < 4.78 is 1.91. The summed E-state index contributed by atoms with van der Waals surface area (Å²) in [6.45, 7) is 0.906. The summed E-state index contributed by atoms with van der Waals surface area (Å²) >= 11 is 1.80. The zero-order valence-corrected chi connectivity index (χ0v) is 12.5. The summed E-state index contributed by atoms with van der Waals surface area (Å²) in [5.41, 5.74) is 2.18. The molecule has 3 rings (SSSR count). The van der Waals surface area contributed by atoms with Gasteiger partial charge in [-0.2, -0.15) is 5.10 Å². The number of hydrogen-bond donors (Lipinski definition) is 1. The van der Waals surface area contributed by atoms with Crippen LogP contribution in [0, 0.1) is 0 Å². The first kappa shape index (κ1) is 13.8. The molecule has 4 nitrogen and oxygen atoms in total. The van der Waals surface area contributed by atoms with Crippen LogP contribution in [0.5, 0.6) is 0 Å². The van der Waals surface area contributed by atoms with Crippen LogP contribution in [0.2, 0.25) is 0 Å². The number of rotatable bonds is 5. The zero-order valence-electron chi connectivity index (χ0n) is 11.7. The normalized spacial score (nSPS) is 16.6. The fourth-order valence-corrected chi connectivity index (χ4v) is 3.83. The number of thiazole rings is 1. The minimum Gasteiger partial charge on any atom is -0.396 e. The average molecular weight is 291 g/mol. The molecule has 1 aliphatic carbocycles. The maximum absolute atomic E-state index is 8.92. The van der Waals surface area contributed by atoms with E-state index < -0.39 is 0 Å². The van der Waals surface area contributed by atoms with Gasteiger partial charge in [-0.3, -0.25) is 4.68 Å². The van der Waals surface area contributed by atoms with Gasteiger partial charge in [0.2, 0.25) is 0 Å². The molecule has 0 amide bonds. The monoisotopic (exact) mass is 291 g/mol. The van der Waals surface area contributed by atoms with Gasteiger partial charge in [0, 0.05) is 24.1 Å². The molecule has 0 aliphatic heterocycles. The molecule has 2 aromatic heterocycles. The van der Waals surface area contributed by atoms with E-state index in [0.717, 1.165) is 17.8 Å². The molecule has 1 saturated carbocycles. The number of nitrogens with zero attached hydrogens (tertiary/aromatic N) is 3. The molecule has 2 heterocycles. The van der Waals surface area contributed by atoms with Crippen LogP contribution in [0.4, 0.5) is 0 Å². The molecular formula is C15H21N3OS. The lowest BCUT2D eigenvalue weighted by atomic mass is 9.90. The predicted octanol–water partition coefficient (Wildman–Crippen LogP) is 2.97. The second kappa shape index (κ2) is 6.50. The molecule has 0 bridgehead atoms. The van der Waals surface area contributed by atoms with Crippen LogP contribution in [0.1, 0.15) is 54.3 Å². The van der Waals surface area contributed by atoms with Crippen LogP contribution in [-0.2, 0) is 13.0 Å². The number of aliphatic hydroxyl groups excluding tert-OH is 1. The third kappa shape index (κ3) is 3.27. The Morgan fingerprint density at radius 2 is 2.15 bits per heavy atom. The highest BCUT2D eigenvalue weighted by Gasteiger charge is 2.18.